The summed E-state index contributed by atoms with van der Waals surface area (Å²) in [6.07, 6.45) is 0.500. The lowest BCUT2D eigenvalue weighted by atomic mass is 10.8. The first-order valence-corrected chi connectivity index (χ1v) is 1.54. The van der Waals surface area contributed by atoms with Crippen LogP contribution in [0.5, 0.6) is 0 Å². The Kier molecular flexibility index (Phi) is 0.325. The first kappa shape index (κ1) is 2.85. The van der Waals surface area contributed by atoms with Crippen molar-refractivity contribution < 1.29 is 4.79 Å². The SMILES string of the molecule is [NH]C1CC1=O. The fourth-order valence-corrected chi connectivity index (χ4v) is 0.142. The van der Waals surface area contributed by atoms with Crippen LogP contribution in [0.3, 0.4) is 0 Å². The zero-order valence-corrected chi connectivity index (χ0v) is 2.69. The minimum absolute atomic E-state index is 0.0880. The van der Waals surface area contributed by atoms with E-state index >= 15 is 0 Å². The fraction of sp³-hybridized carbons (Fsp3) is 0.667. The van der Waals surface area contributed by atoms with Crippen molar-refractivity contribution in [1.82, 2.24) is 5.73 Å². The Bertz CT molecular complexity index is 69.3. The molecule has 1 saturated carbocycles. The van der Waals surface area contributed by atoms with Gasteiger partial charge < -0.3 is 0 Å². The van der Waals surface area contributed by atoms with E-state index in [4.69, 9.17) is 5.73 Å². The van der Waals surface area contributed by atoms with Crippen LogP contribution >= 0.6 is 0 Å². The Labute approximate surface area is 30.0 Å². The van der Waals surface area contributed by atoms with Gasteiger partial charge in [0.15, 0.2) is 5.78 Å². The van der Waals surface area contributed by atoms with Gasteiger partial charge in [-0.15, -0.1) is 0 Å². The highest BCUT2D eigenvalue weighted by molar-refractivity contribution is 5.99. The number of nitrogens with one attached hydrogen (secondary N) is 1. The molecule has 0 spiro atoms. The minimum Gasteiger partial charge on any atom is -0.298 e. The average molecular weight is 70.1 g/mol. The Morgan fingerprint density at radius 3 is 2.20 bits per heavy atom. The van der Waals surface area contributed by atoms with Crippen LogP contribution in [0, 0.1) is 0 Å². The second-order valence-electron chi connectivity index (χ2n) is 1.22. The van der Waals surface area contributed by atoms with Crippen LogP contribution in [0.4, 0.5) is 0 Å². The minimum atomic E-state index is -0.338. The largest absolute Gasteiger partial charge is 0.298 e. The van der Waals surface area contributed by atoms with Crippen molar-refractivity contribution in [2.75, 3.05) is 0 Å². The highest BCUT2D eigenvalue weighted by Gasteiger charge is 2.30. The summed E-state index contributed by atoms with van der Waals surface area (Å²) in [5.41, 5.74) is 6.55. The third kappa shape index (κ3) is 0.304. The number of rotatable bonds is 0. The van der Waals surface area contributed by atoms with E-state index in [0.717, 1.165) is 0 Å². The second-order valence-corrected chi connectivity index (χ2v) is 1.22. The Hall–Kier alpha value is -0.370. The summed E-state index contributed by atoms with van der Waals surface area (Å²) in [4.78, 5) is 9.70. The third-order valence-electron chi connectivity index (χ3n) is 0.634. The number of ketones is 1. The predicted octanol–water partition coefficient (Wildman–Crippen LogP) is -0.389. The molecule has 1 N–H and O–H groups in total. The number of carbonyl (C=O) groups excluding carboxylic acids is 1. The molecule has 1 atom stereocenters. The molecule has 1 fully saturated rings. The van der Waals surface area contributed by atoms with Gasteiger partial charge in [0.25, 0.3) is 0 Å². The highest BCUT2D eigenvalue weighted by atomic mass is 16.1. The summed E-state index contributed by atoms with van der Waals surface area (Å²) in [5.74, 6) is 0.0880. The van der Waals surface area contributed by atoms with Crippen LogP contribution < -0.4 is 5.73 Å². The molecule has 0 aromatic carbocycles. The van der Waals surface area contributed by atoms with Gasteiger partial charge in [-0.2, -0.15) is 0 Å². The fourth-order valence-electron chi connectivity index (χ4n) is 0.142. The number of hydrogen-bond acceptors (Lipinski definition) is 1. The summed E-state index contributed by atoms with van der Waals surface area (Å²) in [6, 6.07) is -0.338. The van der Waals surface area contributed by atoms with E-state index in [-0.39, 0.29) is 11.8 Å². The van der Waals surface area contributed by atoms with E-state index < -0.39 is 0 Å². The van der Waals surface area contributed by atoms with Crippen LogP contribution in [0.15, 0.2) is 0 Å². The summed E-state index contributed by atoms with van der Waals surface area (Å²) in [7, 11) is 0. The van der Waals surface area contributed by atoms with E-state index in [2.05, 4.69) is 0 Å². The maximum atomic E-state index is 9.70. The molecule has 2 heteroatoms. The summed E-state index contributed by atoms with van der Waals surface area (Å²) in [5, 5.41) is 0. The summed E-state index contributed by atoms with van der Waals surface area (Å²) in [6.45, 7) is 0. The van der Waals surface area contributed by atoms with E-state index in [1.165, 1.54) is 0 Å². The van der Waals surface area contributed by atoms with Gasteiger partial charge >= 0.3 is 0 Å². The van der Waals surface area contributed by atoms with Crippen molar-refractivity contribution in [2.24, 2.45) is 0 Å². The van der Waals surface area contributed by atoms with Crippen molar-refractivity contribution >= 4 is 5.78 Å². The van der Waals surface area contributed by atoms with E-state index in [9.17, 15) is 4.79 Å². The summed E-state index contributed by atoms with van der Waals surface area (Å²) >= 11 is 0. The van der Waals surface area contributed by atoms with E-state index in [1.807, 2.05) is 0 Å². The molecule has 27 valence electrons. The molecule has 0 amide bonds. The van der Waals surface area contributed by atoms with Gasteiger partial charge in [-0.25, -0.2) is 5.73 Å². The lowest BCUT2D eigenvalue weighted by molar-refractivity contribution is -0.110. The molecule has 2 nitrogen and oxygen atoms in total. The maximum absolute atomic E-state index is 9.70. The van der Waals surface area contributed by atoms with Gasteiger partial charge in [0.2, 0.25) is 0 Å². The molecule has 0 aromatic heterocycles. The van der Waals surface area contributed by atoms with E-state index in [1.54, 1.807) is 0 Å². The van der Waals surface area contributed by atoms with Crippen LogP contribution in [0.25, 0.3) is 0 Å². The number of Topliss-reactive ketones (excluding diaryl/α,β-unsaturated/α-hetero) is 1. The molecule has 0 aromatic rings. The molecular weight excluding hydrogens is 66.0 g/mol. The van der Waals surface area contributed by atoms with Crippen molar-refractivity contribution in [3.8, 4) is 0 Å². The van der Waals surface area contributed by atoms with Crippen LogP contribution in [0.1, 0.15) is 6.42 Å². The molecule has 1 unspecified atom stereocenters. The van der Waals surface area contributed by atoms with Gasteiger partial charge in [0.05, 0.1) is 6.04 Å². The molecule has 5 heavy (non-hydrogen) atoms. The molecular formula is C3H4NO. The smallest absolute Gasteiger partial charge is 0.153 e. The monoisotopic (exact) mass is 70.0 g/mol. The summed E-state index contributed by atoms with van der Waals surface area (Å²) < 4.78 is 0. The number of hydrogen-bond donors (Lipinski definition) is 0. The molecule has 0 heterocycles. The molecule has 1 aliphatic rings. The second kappa shape index (κ2) is 0.571. The molecule has 0 saturated heterocycles. The first-order chi connectivity index (χ1) is 2.30. The highest BCUT2D eigenvalue weighted by Crippen LogP contribution is 2.10. The van der Waals surface area contributed by atoms with Gasteiger partial charge in [-0.1, -0.05) is 0 Å². The van der Waals surface area contributed by atoms with Crippen molar-refractivity contribution in [1.29, 1.82) is 0 Å². The topological polar surface area (TPSA) is 40.9 Å². The van der Waals surface area contributed by atoms with Gasteiger partial charge in [-0.05, 0) is 0 Å². The lowest BCUT2D eigenvalue weighted by Crippen LogP contribution is -1.81. The van der Waals surface area contributed by atoms with Gasteiger partial charge in [0.1, 0.15) is 0 Å². The van der Waals surface area contributed by atoms with Crippen molar-refractivity contribution in [3.05, 3.63) is 0 Å². The van der Waals surface area contributed by atoms with Crippen LogP contribution in [-0.4, -0.2) is 11.8 Å². The van der Waals surface area contributed by atoms with Crippen LogP contribution in [0.2, 0.25) is 0 Å². The Morgan fingerprint density at radius 1 is 2.00 bits per heavy atom. The molecule has 1 rings (SSSR count). The van der Waals surface area contributed by atoms with Crippen LogP contribution in [-0.2, 0) is 4.79 Å². The standard InChI is InChI=1S/C3H4NO/c4-2-1-3(2)5/h2,4H,1H2. The lowest BCUT2D eigenvalue weighted by Gasteiger charge is -1.53. The van der Waals surface area contributed by atoms with E-state index in [0.29, 0.717) is 6.42 Å². The Balaban J connectivity index is 2.47. The zero-order valence-electron chi connectivity index (χ0n) is 2.69. The molecule has 0 aliphatic heterocycles. The Morgan fingerprint density at radius 2 is 2.20 bits per heavy atom. The van der Waals surface area contributed by atoms with Crippen molar-refractivity contribution in [3.63, 3.8) is 0 Å². The quantitative estimate of drug-likeness (QED) is 0.382. The molecule has 1 radical (unpaired) electrons. The molecule has 1 aliphatic carbocycles. The predicted molar refractivity (Wildman–Crippen MR) is 16.5 cm³/mol. The van der Waals surface area contributed by atoms with Gasteiger partial charge in [0, 0.05) is 6.42 Å². The number of carbonyl (C=O) groups is 1. The average Bonchev–Trinajstić information content (AvgIpc) is 1.79. The first-order valence-electron chi connectivity index (χ1n) is 1.54. The zero-order chi connectivity index (χ0) is 3.86. The third-order valence-corrected chi connectivity index (χ3v) is 0.634. The van der Waals surface area contributed by atoms with Crippen molar-refractivity contribution in [2.45, 2.75) is 12.5 Å². The van der Waals surface area contributed by atoms with Gasteiger partial charge in [-0.3, -0.25) is 4.79 Å². The maximum Gasteiger partial charge on any atom is 0.153 e. The molecule has 0 bridgehead atoms. The normalized spacial score (nSPS) is 34.6.